The summed E-state index contributed by atoms with van der Waals surface area (Å²) < 4.78 is 26.5. The predicted octanol–water partition coefficient (Wildman–Crippen LogP) is 1.40. The fraction of sp³-hybridized carbons (Fsp3) is 0.609. The monoisotopic (exact) mass is 476 g/mol. The molecule has 1 atom stereocenters. The molecular weight excluding hydrogens is 444 g/mol. The van der Waals surface area contributed by atoms with Crippen LogP contribution in [0.15, 0.2) is 23.1 Å². The molecule has 3 amide bonds. The lowest BCUT2D eigenvalue weighted by Gasteiger charge is -2.38. The van der Waals surface area contributed by atoms with Crippen molar-refractivity contribution < 1.29 is 22.8 Å². The molecule has 0 saturated carbocycles. The number of benzene rings is 1. The Balaban J connectivity index is 1.40. The van der Waals surface area contributed by atoms with Crippen molar-refractivity contribution in [2.24, 2.45) is 0 Å². The third-order valence-electron chi connectivity index (χ3n) is 6.81. The first kappa shape index (κ1) is 23.7. The maximum absolute atomic E-state index is 13.1. The van der Waals surface area contributed by atoms with E-state index in [9.17, 15) is 22.8 Å². The number of nitrogens with zero attached hydrogens (tertiary/aromatic N) is 4. The first-order chi connectivity index (χ1) is 15.6. The lowest BCUT2D eigenvalue weighted by Crippen LogP contribution is -2.53. The minimum atomic E-state index is -3.96. The molecule has 0 aliphatic carbocycles. The van der Waals surface area contributed by atoms with Crippen LogP contribution < -0.4 is 0 Å². The topological polar surface area (TPSA) is 98.3 Å². The number of piperidine rings is 1. The van der Waals surface area contributed by atoms with Crippen LogP contribution in [-0.4, -0.2) is 96.5 Å². The predicted molar refractivity (Wildman–Crippen MR) is 122 cm³/mol. The zero-order chi connectivity index (χ0) is 23.9. The summed E-state index contributed by atoms with van der Waals surface area (Å²) >= 11 is 0. The van der Waals surface area contributed by atoms with E-state index in [0.717, 1.165) is 23.7 Å². The van der Waals surface area contributed by atoms with Gasteiger partial charge in [-0.2, -0.15) is 0 Å². The number of likely N-dealkylation sites (tertiary alicyclic amines) is 1. The van der Waals surface area contributed by atoms with Gasteiger partial charge >= 0.3 is 0 Å². The fourth-order valence-electron chi connectivity index (χ4n) is 4.93. The van der Waals surface area contributed by atoms with Crippen molar-refractivity contribution in [2.75, 3.05) is 39.3 Å². The highest BCUT2D eigenvalue weighted by Crippen LogP contribution is 2.33. The number of piperazine rings is 1. The van der Waals surface area contributed by atoms with E-state index in [4.69, 9.17) is 0 Å². The molecule has 3 aliphatic rings. The van der Waals surface area contributed by atoms with E-state index >= 15 is 0 Å². The lowest BCUT2D eigenvalue weighted by molar-refractivity contribution is -0.136. The maximum Gasteiger partial charge on any atom is 0.269 e. The van der Waals surface area contributed by atoms with Gasteiger partial charge in [0.05, 0.1) is 12.1 Å². The normalized spacial score (nSPS) is 23.2. The van der Waals surface area contributed by atoms with Gasteiger partial charge in [-0.3, -0.25) is 19.3 Å². The Hall–Kier alpha value is -2.46. The van der Waals surface area contributed by atoms with Crippen molar-refractivity contribution in [3.8, 4) is 0 Å². The zero-order valence-corrected chi connectivity index (χ0v) is 20.3. The summed E-state index contributed by atoms with van der Waals surface area (Å²) in [5.74, 6) is -0.676. The highest BCUT2D eigenvalue weighted by Gasteiger charge is 2.43. The second kappa shape index (κ2) is 9.06. The van der Waals surface area contributed by atoms with Crippen LogP contribution >= 0.6 is 0 Å². The molecule has 1 aromatic carbocycles. The Labute approximate surface area is 195 Å². The first-order valence-electron chi connectivity index (χ1n) is 11.6. The van der Waals surface area contributed by atoms with Crippen LogP contribution in [-0.2, 0) is 14.8 Å². The summed E-state index contributed by atoms with van der Waals surface area (Å²) in [4.78, 5) is 43.9. The number of rotatable bonds is 4. The first-order valence-corrected chi connectivity index (χ1v) is 13.1. The third-order valence-corrected chi connectivity index (χ3v) is 8.81. The van der Waals surface area contributed by atoms with Gasteiger partial charge in [-0.1, -0.05) is 0 Å². The maximum atomic E-state index is 13.1. The molecule has 0 unspecified atom stereocenters. The van der Waals surface area contributed by atoms with E-state index in [0.29, 0.717) is 32.7 Å². The average Bonchev–Trinajstić information content (AvgIpc) is 2.98. The van der Waals surface area contributed by atoms with Crippen molar-refractivity contribution >= 4 is 27.7 Å². The van der Waals surface area contributed by atoms with E-state index < -0.39 is 22.0 Å². The zero-order valence-electron chi connectivity index (χ0n) is 19.5. The molecule has 3 aliphatic heterocycles. The number of hydrogen-bond acceptors (Lipinski definition) is 6. The van der Waals surface area contributed by atoms with Crippen LogP contribution in [0.5, 0.6) is 0 Å². The Kier molecular flexibility index (Phi) is 6.50. The van der Waals surface area contributed by atoms with E-state index in [-0.39, 0.29) is 33.9 Å². The number of amides is 3. The van der Waals surface area contributed by atoms with Gasteiger partial charge in [0.15, 0.2) is 0 Å². The van der Waals surface area contributed by atoms with Gasteiger partial charge in [-0.15, -0.1) is 0 Å². The average molecular weight is 477 g/mol. The molecule has 2 fully saturated rings. The van der Waals surface area contributed by atoms with E-state index in [2.05, 4.69) is 11.8 Å². The van der Waals surface area contributed by atoms with E-state index in [1.807, 2.05) is 4.90 Å². The van der Waals surface area contributed by atoms with E-state index in [1.54, 1.807) is 18.7 Å². The summed E-state index contributed by atoms with van der Waals surface area (Å²) in [6.45, 7) is 8.65. The Morgan fingerprint density at radius 1 is 1.06 bits per heavy atom. The Morgan fingerprint density at radius 2 is 1.76 bits per heavy atom. The van der Waals surface area contributed by atoms with Gasteiger partial charge in [0.1, 0.15) is 4.90 Å². The smallest absolute Gasteiger partial charge is 0.269 e. The van der Waals surface area contributed by atoms with Crippen LogP contribution in [0.25, 0.3) is 0 Å². The highest BCUT2D eigenvalue weighted by molar-refractivity contribution is 7.90. The summed E-state index contributed by atoms with van der Waals surface area (Å²) in [6, 6.07) is 4.05. The minimum absolute atomic E-state index is 0.105. The summed E-state index contributed by atoms with van der Waals surface area (Å²) in [6.07, 6.45) is 3.26. The standard InChI is InChI=1S/C23H32N4O5S/c1-16(2)27-23(30)19-8-7-18(14-20(19)33(27,31)32)22(29)25-12-10-24(11-13-25)15-21(28)26-9-5-4-6-17(26)3/h7-8,14,16-17H,4-6,9-13,15H2,1-3H3/t17-/m0/s1. The molecule has 1 aromatic rings. The van der Waals surface area contributed by atoms with Crippen molar-refractivity contribution in [1.29, 1.82) is 0 Å². The molecule has 2 saturated heterocycles. The summed E-state index contributed by atoms with van der Waals surface area (Å²) in [7, 11) is -3.96. The molecule has 10 heteroatoms. The molecule has 3 heterocycles. The second-order valence-corrected chi connectivity index (χ2v) is 11.2. The SMILES string of the molecule is CC(C)N1C(=O)c2ccc(C(=O)N3CCN(CC(=O)N4CCCC[C@@H]4C)CC3)cc2S1(=O)=O. The Bertz CT molecular complexity index is 1060. The summed E-state index contributed by atoms with van der Waals surface area (Å²) in [5, 5.41) is 0. The van der Waals surface area contributed by atoms with Crippen molar-refractivity contribution in [3.05, 3.63) is 29.3 Å². The van der Waals surface area contributed by atoms with Crippen LogP contribution in [0.1, 0.15) is 60.7 Å². The van der Waals surface area contributed by atoms with Crippen LogP contribution in [0.4, 0.5) is 0 Å². The van der Waals surface area contributed by atoms with Gasteiger partial charge in [0.2, 0.25) is 5.91 Å². The van der Waals surface area contributed by atoms with Gasteiger partial charge < -0.3 is 9.80 Å². The van der Waals surface area contributed by atoms with Crippen molar-refractivity contribution in [3.63, 3.8) is 0 Å². The molecule has 0 radical (unpaired) electrons. The van der Waals surface area contributed by atoms with Crippen molar-refractivity contribution in [2.45, 2.75) is 57.0 Å². The molecule has 9 nitrogen and oxygen atoms in total. The van der Waals surface area contributed by atoms with Crippen LogP contribution in [0.2, 0.25) is 0 Å². The molecule has 0 spiro atoms. The minimum Gasteiger partial charge on any atom is -0.339 e. The molecule has 33 heavy (non-hydrogen) atoms. The molecular formula is C23H32N4O5S. The van der Waals surface area contributed by atoms with E-state index in [1.165, 1.54) is 24.6 Å². The van der Waals surface area contributed by atoms with Gasteiger partial charge in [-0.05, 0) is 58.2 Å². The van der Waals surface area contributed by atoms with Crippen molar-refractivity contribution in [1.82, 2.24) is 19.0 Å². The van der Waals surface area contributed by atoms with Crippen LogP contribution in [0, 0.1) is 0 Å². The number of fused-ring (bicyclic) bond motifs is 1. The molecule has 0 bridgehead atoms. The molecule has 4 rings (SSSR count). The lowest BCUT2D eigenvalue weighted by atomic mass is 10.0. The Morgan fingerprint density at radius 3 is 2.39 bits per heavy atom. The molecule has 180 valence electrons. The highest BCUT2D eigenvalue weighted by atomic mass is 32.2. The number of sulfonamides is 1. The third kappa shape index (κ3) is 4.38. The molecule has 0 aromatic heterocycles. The largest absolute Gasteiger partial charge is 0.339 e. The second-order valence-electron chi connectivity index (χ2n) is 9.41. The summed E-state index contributed by atoms with van der Waals surface area (Å²) in [5.41, 5.74) is 0.359. The number of carbonyl (C=O) groups is 3. The molecule has 0 N–H and O–H groups in total. The van der Waals surface area contributed by atoms with Gasteiger partial charge in [-0.25, -0.2) is 12.7 Å². The van der Waals surface area contributed by atoms with Gasteiger partial charge in [0, 0.05) is 50.4 Å². The van der Waals surface area contributed by atoms with Gasteiger partial charge in [0.25, 0.3) is 21.8 Å². The quantitative estimate of drug-likeness (QED) is 0.652. The van der Waals surface area contributed by atoms with Crippen LogP contribution in [0.3, 0.4) is 0 Å². The fourth-order valence-corrected chi connectivity index (χ4v) is 6.73. The number of hydrogen-bond donors (Lipinski definition) is 0. The number of carbonyl (C=O) groups excluding carboxylic acids is 3.